The van der Waals surface area contributed by atoms with Crippen molar-refractivity contribution in [2.75, 3.05) is 6.54 Å². The Bertz CT molecular complexity index is 1370. The van der Waals surface area contributed by atoms with E-state index < -0.39 is 53.2 Å². The standard InChI is InChI=1S/C32H42N4O7/c1-31(2,3)43-30(41)34-24-14-8-6-4-5-7-12-21-18-32(21,29(39)40)35-26(37)25-17-22(19-36(25)28(24)38)42-27-23-13-10-9-11-20(23)15-16-33-27/h9-11,13,15-16,21-22,24-25H,4-8,12,14,17-19H2,1-3H3,(H,34,41)(H,35,37)(H,39,40)/t21-,22+,24-,25-,32+/m0/s1. The van der Waals surface area contributed by atoms with E-state index in [0.29, 0.717) is 25.1 Å². The second kappa shape index (κ2) is 12.4. The summed E-state index contributed by atoms with van der Waals surface area (Å²) in [6, 6.07) is 7.64. The van der Waals surface area contributed by atoms with Gasteiger partial charge in [0, 0.05) is 18.0 Å². The van der Waals surface area contributed by atoms with Crippen molar-refractivity contribution in [3.63, 3.8) is 0 Å². The summed E-state index contributed by atoms with van der Waals surface area (Å²) in [5.41, 5.74) is -2.07. The first-order valence-corrected chi connectivity index (χ1v) is 15.3. The fourth-order valence-corrected chi connectivity index (χ4v) is 6.35. The number of rotatable bonds is 4. The van der Waals surface area contributed by atoms with Crippen molar-refractivity contribution in [2.45, 2.75) is 108 Å². The molecule has 1 aromatic heterocycles. The normalized spacial score (nSPS) is 28.5. The highest BCUT2D eigenvalue weighted by molar-refractivity contribution is 5.96. The van der Waals surface area contributed by atoms with Crippen molar-refractivity contribution in [1.29, 1.82) is 0 Å². The van der Waals surface area contributed by atoms with E-state index in [1.165, 1.54) is 4.90 Å². The number of ether oxygens (including phenoxy) is 2. The first kappa shape index (κ1) is 30.6. The second-order valence-electron chi connectivity index (χ2n) is 13.0. The molecular formula is C32H42N4O7. The number of aromatic nitrogens is 1. The molecule has 1 aromatic carbocycles. The molecule has 3 aliphatic rings. The molecule has 3 fully saturated rings. The molecular weight excluding hydrogens is 552 g/mol. The Morgan fingerprint density at radius 2 is 1.79 bits per heavy atom. The highest BCUT2D eigenvalue weighted by Gasteiger charge is 2.62. The summed E-state index contributed by atoms with van der Waals surface area (Å²) in [6.45, 7) is 5.33. The van der Waals surface area contributed by atoms with E-state index in [-0.39, 0.29) is 18.9 Å². The lowest BCUT2D eigenvalue weighted by Gasteiger charge is -2.30. The van der Waals surface area contributed by atoms with Crippen molar-refractivity contribution in [1.82, 2.24) is 20.5 Å². The Labute approximate surface area is 251 Å². The largest absolute Gasteiger partial charge is 0.479 e. The van der Waals surface area contributed by atoms with Gasteiger partial charge in [-0.15, -0.1) is 0 Å². The van der Waals surface area contributed by atoms with Gasteiger partial charge in [-0.3, -0.25) is 9.59 Å². The zero-order valence-corrected chi connectivity index (χ0v) is 25.1. The average Bonchev–Trinajstić information content (AvgIpc) is 3.48. The van der Waals surface area contributed by atoms with Crippen LogP contribution in [0.15, 0.2) is 36.5 Å². The minimum Gasteiger partial charge on any atom is -0.479 e. The van der Waals surface area contributed by atoms with Crippen molar-refractivity contribution in [3.8, 4) is 5.88 Å². The van der Waals surface area contributed by atoms with Crippen molar-refractivity contribution in [3.05, 3.63) is 36.5 Å². The fraction of sp³-hybridized carbons (Fsp3) is 0.594. The number of pyridine rings is 1. The number of aliphatic carboxylic acids is 1. The molecule has 3 N–H and O–H groups in total. The molecule has 43 heavy (non-hydrogen) atoms. The van der Waals surface area contributed by atoms with Crippen molar-refractivity contribution in [2.24, 2.45) is 5.92 Å². The summed E-state index contributed by atoms with van der Waals surface area (Å²) in [5.74, 6) is -1.75. The molecule has 2 saturated heterocycles. The van der Waals surface area contributed by atoms with Crippen LogP contribution in [0.4, 0.5) is 4.79 Å². The third-order valence-corrected chi connectivity index (χ3v) is 8.63. The molecule has 5 atom stereocenters. The molecule has 1 aliphatic carbocycles. The monoisotopic (exact) mass is 594 g/mol. The van der Waals surface area contributed by atoms with Crippen molar-refractivity contribution >= 4 is 34.6 Å². The molecule has 3 heterocycles. The van der Waals surface area contributed by atoms with Gasteiger partial charge in [0.2, 0.25) is 17.7 Å². The van der Waals surface area contributed by atoms with E-state index in [1.807, 2.05) is 30.3 Å². The molecule has 11 heteroatoms. The van der Waals surface area contributed by atoms with Gasteiger partial charge in [-0.1, -0.05) is 50.3 Å². The predicted octanol–water partition coefficient (Wildman–Crippen LogP) is 4.18. The summed E-state index contributed by atoms with van der Waals surface area (Å²) in [7, 11) is 0. The Kier molecular flexibility index (Phi) is 8.80. The molecule has 2 aliphatic heterocycles. The lowest BCUT2D eigenvalue weighted by Crippen LogP contribution is -2.56. The molecule has 0 radical (unpaired) electrons. The maximum Gasteiger partial charge on any atom is 0.408 e. The molecule has 0 spiro atoms. The zero-order chi connectivity index (χ0) is 30.8. The number of fused-ring (bicyclic) bond motifs is 3. The molecule has 2 aromatic rings. The molecule has 1 saturated carbocycles. The molecule has 0 unspecified atom stereocenters. The van der Waals surface area contributed by atoms with Crippen LogP contribution in [0.3, 0.4) is 0 Å². The Morgan fingerprint density at radius 1 is 1.07 bits per heavy atom. The number of benzene rings is 1. The third-order valence-electron chi connectivity index (χ3n) is 8.63. The minimum absolute atomic E-state index is 0.0812. The van der Waals surface area contributed by atoms with Crippen LogP contribution in [-0.2, 0) is 19.1 Å². The fourth-order valence-electron chi connectivity index (χ4n) is 6.35. The number of carbonyl (C=O) groups excluding carboxylic acids is 3. The molecule has 11 nitrogen and oxygen atoms in total. The third kappa shape index (κ3) is 7.02. The first-order chi connectivity index (χ1) is 20.5. The Hall–Kier alpha value is -3.89. The van der Waals surface area contributed by atoms with Gasteiger partial charge in [-0.25, -0.2) is 14.6 Å². The van der Waals surface area contributed by atoms with Gasteiger partial charge >= 0.3 is 12.1 Å². The topological polar surface area (TPSA) is 147 Å². The van der Waals surface area contributed by atoms with Gasteiger partial charge in [0.15, 0.2) is 0 Å². The van der Waals surface area contributed by atoms with Crippen LogP contribution in [0.5, 0.6) is 5.88 Å². The van der Waals surface area contributed by atoms with E-state index in [0.717, 1.165) is 42.9 Å². The highest BCUT2D eigenvalue weighted by atomic mass is 16.6. The summed E-state index contributed by atoms with van der Waals surface area (Å²) in [4.78, 5) is 58.9. The summed E-state index contributed by atoms with van der Waals surface area (Å²) in [5, 5.41) is 17.4. The van der Waals surface area contributed by atoms with Gasteiger partial charge in [0.25, 0.3) is 0 Å². The van der Waals surface area contributed by atoms with Crippen LogP contribution in [-0.4, -0.2) is 74.7 Å². The minimum atomic E-state index is -1.32. The van der Waals surface area contributed by atoms with Crippen molar-refractivity contribution < 1.29 is 33.8 Å². The van der Waals surface area contributed by atoms with E-state index in [9.17, 15) is 24.3 Å². The van der Waals surface area contributed by atoms with Crippen LogP contribution in [0.25, 0.3) is 10.8 Å². The number of carboxylic acid groups (broad SMARTS) is 1. The molecule has 3 amide bonds. The number of alkyl carbamates (subject to hydrolysis) is 1. The van der Waals surface area contributed by atoms with Crippen LogP contribution < -0.4 is 15.4 Å². The number of nitrogens with one attached hydrogen (secondary N) is 2. The van der Waals surface area contributed by atoms with Gasteiger partial charge < -0.3 is 30.1 Å². The van der Waals surface area contributed by atoms with Crippen LogP contribution >= 0.6 is 0 Å². The molecule has 5 rings (SSSR count). The van der Waals surface area contributed by atoms with Gasteiger partial charge in [-0.2, -0.15) is 0 Å². The maximum atomic E-state index is 14.1. The second-order valence-corrected chi connectivity index (χ2v) is 13.0. The number of nitrogens with zero attached hydrogens (tertiary/aromatic N) is 2. The SMILES string of the molecule is CC(C)(C)OC(=O)N[C@H]1CCCCCCC[C@H]2C[C@@]2(C(=O)O)NC(=O)[C@@H]2C[C@@H](Oc3nccc4ccccc34)CN2C1=O. The zero-order valence-electron chi connectivity index (χ0n) is 25.1. The lowest BCUT2D eigenvalue weighted by molar-refractivity contribution is -0.146. The van der Waals surface area contributed by atoms with E-state index in [4.69, 9.17) is 9.47 Å². The maximum absolute atomic E-state index is 14.1. The number of hydrogen-bond donors (Lipinski definition) is 3. The predicted molar refractivity (Wildman–Crippen MR) is 158 cm³/mol. The van der Waals surface area contributed by atoms with Crippen LogP contribution in [0.1, 0.15) is 78.6 Å². The Morgan fingerprint density at radius 3 is 2.53 bits per heavy atom. The quantitative estimate of drug-likeness (QED) is 0.478. The first-order valence-electron chi connectivity index (χ1n) is 15.3. The smallest absolute Gasteiger partial charge is 0.408 e. The van der Waals surface area contributed by atoms with E-state index in [2.05, 4.69) is 15.6 Å². The van der Waals surface area contributed by atoms with Gasteiger partial charge in [0.1, 0.15) is 29.3 Å². The lowest BCUT2D eigenvalue weighted by atomic mass is 10.0. The number of carbonyl (C=O) groups is 4. The van der Waals surface area contributed by atoms with E-state index in [1.54, 1.807) is 27.0 Å². The number of amides is 3. The van der Waals surface area contributed by atoms with Gasteiger partial charge in [0.05, 0.1) is 6.54 Å². The molecule has 232 valence electrons. The summed E-state index contributed by atoms with van der Waals surface area (Å²) >= 11 is 0. The summed E-state index contributed by atoms with van der Waals surface area (Å²) < 4.78 is 11.8. The highest BCUT2D eigenvalue weighted by Crippen LogP contribution is 2.47. The Balaban J connectivity index is 1.43. The number of carboxylic acids is 1. The van der Waals surface area contributed by atoms with Gasteiger partial charge in [-0.05, 0) is 63.5 Å². The van der Waals surface area contributed by atoms with Crippen LogP contribution in [0, 0.1) is 5.92 Å². The molecule has 0 bridgehead atoms. The van der Waals surface area contributed by atoms with E-state index >= 15 is 0 Å². The summed E-state index contributed by atoms with van der Waals surface area (Å²) in [6.07, 6.45) is 6.33. The number of hydrogen-bond acceptors (Lipinski definition) is 7. The average molecular weight is 595 g/mol. The van der Waals surface area contributed by atoms with Crippen LogP contribution in [0.2, 0.25) is 0 Å².